The Bertz CT molecular complexity index is 740. The molecular weight excluding hydrogens is 308 g/mol. The number of hydrogen-bond acceptors (Lipinski definition) is 3. The zero-order chi connectivity index (χ0) is 12.9. The van der Waals surface area contributed by atoms with Gasteiger partial charge in [0.25, 0.3) is 0 Å². The fourth-order valence-electron chi connectivity index (χ4n) is 2.07. The molecular formula is C14H13BrN2S. The summed E-state index contributed by atoms with van der Waals surface area (Å²) in [6.07, 6.45) is 0. The third-order valence-electron chi connectivity index (χ3n) is 2.90. The number of hydrogen-bond donors (Lipinski definition) is 0. The van der Waals surface area contributed by atoms with Gasteiger partial charge in [0.2, 0.25) is 0 Å². The van der Waals surface area contributed by atoms with Crippen LogP contribution in [0.5, 0.6) is 0 Å². The van der Waals surface area contributed by atoms with Crippen LogP contribution in [0.2, 0.25) is 0 Å². The van der Waals surface area contributed by atoms with Crippen LogP contribution in [0.15, 0.2) is 29.0 Å². The normalized spacial score (nSPS) is 12.4. The highest BCUT2D eigenvalue weighted by Crippen LogP contribution is 2.38. The zero-order valence-electron chi connectivity index (χ0n) is 10.5. The van der Waals surface area contributed by atoms with E-state index in [0.717, 1.165) is 11.2 Å². The molecule has 2 aromatic heterocycles. The van der Waals surface area contributed by atoms with Crippen molar-refractivity contribution in [2.45, 2.75) is 26.2 Å². The number of nitrogens with zero attached hydrogens (tertiary/aromatic N) is 2. The minimum Gasteiger partial charge on any atom is -0.225 e. The summed E-state index contributed by atoms with van der Waals surface area (Å²) in [5, 5.41) is 1.21. The van der Waals surface area contributed by atoms with E-state index in [1.807, 2.05) is 0 Å². The summed E-state index contributed by atoms with van der Waals surface area (Å²) in [6.45, 7) is 6.56. The highest BCUT2D eigenvalue weighted by Gasteiger charge is 2.22. The second-order valence-corrected chi connectivity index (χ2v) is 7.13. The van der Waals surface area contributed by atoms with Crippen molar-refractivity contribution in [3.8, 4) is 0 Å². The maximum Gasteiger partial charge on any atom is 0.197 e. The Hall–Kier alpha value is -1.00. The molecule has 0 aliphatic rings. The maximum atomic E-state index is 4.58. The van der Waals surface area contributed by atoms with E-state index in [1.54, 1.807) is 11.3 Å². The lowest BCUT2D eigenvalue weighted by atomic mass is 9.91. The van der Waals surface area contributed by atoms with Crippen molar-refractivity contribution < 1.29 is 0 Å². The molecule has 0 radical (unpaired) electrons. The van der Waals surface area contributed by atoms with E-state index in [4.69, 9.17) is 0 Å². The molecule has 1 aromatic carbocycles. The van der Waals surface area contributed by atoms with Gasteiger partial charge in [-0.15, -0.1) is 11.3 Å². The third kappa shape index (κ3) is 1.84. The van der Waals surface area contributed by atoms with Crippen molar-refractivity contribution in [1.82, 2.24) is 9.97 Å². The van der Waals surface area contributed by atoms with Gasteiger partial charge in [-0.25, -0.2) is 9.97 Å². The number of aromatic nitrogens is 2. The standard InChI is InChI=1S/C14H13BrN2S/c1-14(2,3)12-11-10(16-13(15)17-12)8-6-4-5-7-9(8)18-11/h4-7H,1-3H3. The smallest absolute Gasteiger partial charge is 0.197 e. The molecule has 3 rings (SSSR count). The molecule has 0 saturated carbocycles. The largest absolute Gasteiger partial charge is 0.225 e. The van der Waals surface area contributed by atoms with E-state index >= 15 is 0 Å². The van der Waals surface area contributed by atoms with Crippen LogP contribution < -0.4 is 0 Å². The molecule has 0 atom stereocenters. The molecule has 0 N–H and O–H groups in total. The van der Waals surface area contributed by atoms with Crippen LogP contribution in [0.4, 0.5) is 0 Å². The average molecular weight is 321 g/mol. The van der Waals surface area contributed by atoms with Crippen molar-refractivity contribution in [3.05, 3.63) is 34.7 Å². The summed E-state index contributed by atoms with van der Waals surface area (Å²) in [6, 6.07) is 8.39. The summed E-state index contributed by atoms with van der Waals surface area (Å²) < 4.78 is 3.14. The average Bonchev–Trinajstić information content (AvgIpc) is 2.65. The summed E-state index contributed by atoms with van der Waals surface area (Å²) in [4.78, 5) is 9.14. The Labute approximate surface area is 118 Å². The van der Waals surface area contributed by atoms with Gasteiger partial charge < -0.3 is 0 Å². The number of thiophene rings is 1. The predicted octanol–water partition coefficient (Wildman–Crippen LogP) is 4.90. The molecule has 92 valence electrons. The number of rotatable bonds is 0. The fourth-order valence-corrected chi connectivity index (χ4v) is 3.77. The Kier molecular flexibility index (Phi) is 2.68. The second kappa shape index (κ2) is 4.00. The van der Waals surface area contributed by atoms with Crippen LogP contribution in [-0.2, 0) is 5.41 Å². The van der Waals surface area contributed by atoms with Crippen LogP contribution in [0.25, 0.3) is 20.3 Å². The SMILES string of the molecule is CC(C)(C)c1nc(Br)nc2c1sc1ccccc12. The Morgan fingerprint density at radius 1 is 1.11 bits per heavy atom. The number of benzene rings is 1. The van der Waals surface area contributed by atoms with Gasteiger partial charge in [0, 0.05) is 15.5 Å². The lowest BCUT2D eigenvalue weighted by molar-refractivity contribution is 0.573. The van der Waals surface area contributed by atoms with Crippen molar-refractivity contribution in [2.75, 3.05) is 0 Å². The lowest BCUT2D eigenvalue weighted by Crippen LogP contribution is -2.14. The first-order chi connectivity index (χ1) is 8.47. The van der Waals surface area contributed by atoms with Crippen molar-refractivity contribution in [1.29, 1.82) is 0 Å². The summed E-state index contributed by atoms with van der Waals surface area (Å²) in [7, 11) is 0. The molecule has 3 aromatic rings. The molecule has 0 aliphatic carbocycles. The van der Waals surface area contributed by atoms with Crippen LogP contribution in [-0.4, -0.2) is 9.97 Å². The molecule has 0 aliphatic heterocycles. The zero-order valence-corrected chi connectivity index (χ0v) is 12.9. The van der Waals surface area contributed by atoms with Gasteiger partial charge in [0.15, 0.2) is 4.73 Å². The topological polar surface area (TPSA) is 25.8 Å². The molecule has 0 bridgehead atoms. The summed E-state index contributed by atoms with van der Waals surface area (Å²) in [5.74, 6) is 0. The Morgan fingerprint density at radius 2 is 1.83 bits per heavy atom. The van der Waals surface area contributed by atoms with Crippen molar-refractivity contribution in [2.24, 2.45) is 0 Å². The van der Waals surface area contributed by atoms with Crippen LogP contribution in [0.1, 0.15) is 26.5 Å². The Balaban J connectivity index is 2.51. The second-order valence-electron chi connectivity index (χ2n) is 5.37. The molecule has 2 nitrogen and oxygen atoms in total. The van der Waals surface area contributed by atoms with Gasteiger partial charge in [-0.05, 0) is 22.0 Å². The molecule has 0 spiro atoms. The summed E-state index contributed by atoms with van der Waals surface area (Å²) in [5.41, 5.74) is 2.19. The number of halogens is 1. The molecule has 0 fully saturated rings. The number of fused-ring (bicyclic) bond motifs is 3. The van der Waals surface area contributed by atoms with Gasteiger partial charge >= 0.3 is 0 Å². The monoisotopic (exact) mass is 320 g/mol. The highest BCUT2D eigenvalue weighted by molar-refractivity contribution is 9.10. The van der Waals surface area contributed by atoms with Gasteiger partial charge in [0.05, 0.1) is 15.9 Å². The summed E-state index contributed by atoms with van der Waals surface area (Å²) >= 11 is 5.21. The van der Waals surface area contributed by atoms with E-state index < -0.39 is 0 Å². The van der Waals surface area contributed by atoms with E-state index in [1.165, 1.54) is 14.8 Å². The van der Waals surface area contributed by atoms with E-state index in [0.29, 0.717) is 4.73 Å². The molecule has 18 heavy (non-hydrogen) atoms. The molecule has 2 heterocycles. The van der Waals surface area contributed by atoms with Gasteiger partial charge in [-0.2, -0.15) is 0 Å². The van der Waals surface area contributed by atoms with Gasteiger partial charge in [-0.1, -0.05) is 39.0 Å². The predicted molar refractivity (Wildman–Crippen MR) is 81.3 cm³/mol. The van der Waals surface area contributed by atoms with E-state index in [9.17, 15) is 0 Å². The van der Waals surface area contributed by atoms with E-state index in [-0.39, 0.29) is 5.41 Å². The molecule has 0 saturated heterocycles. The van der Waals surface area contributed by atoms with Crippen molar-refractivity contribution >= 4 is 47.6 Å². The maximum absolute atomic E-state index is 4.58. The highest BCUT2D eigenvalue weighted by atomic mass is 79.9. The third-order valence-corrected chi connectivity index (χ3v) is 4.42. The fraction of sp³-hybridized carbons (Fsp3) is 0.286. The van der Waals surface area contributed by atoms with Crippen LogP contribution in [0, 0.1) is 0 Å². The Morgan fingerprint density at radius 3 is 2.56 bits per heavy atom. The first kappa shape index (κ1) is 12.1. The minimum absolute atomic E-state index is 0.0184. The van der Waals surface area contributed by atoms with E-state index in [2.05, 4.69) is 70.9 Å². The quantitative estimate of drug-likeness (QED) is 0.550. The molecule has 0 amide bonds. The van der Waals surface area contributed by atoms with Crippen LogP contribution >= 0.6 is 27.3 Å². The molecule has 4 heteroatoms. The lowest BCUT2D eigenvalue weighted by Gasteiger charge is -2.18. The molecule has 0 unspecified atom stereocenters. The van der Waals surface area contributed by atoms with Crippen molar-refractivity contribution in [3.63, 3.8) is 0 Å². The first-order valence-electron chi connectivity index (χ1n) is 5.82. The van der Waals surface area contributed by atoms with Gasteiger partial charge in [-0.3, -0.25) is 0 Å². The minimum atomic E-state index is 0.0184. The first-order valence-corrected chi connectivity index (χ1v) is 7.43. The van der Waals surface area contributed by atoms with Crippen LogP contribution in [0.3, 0.4) is 0 Å². The van der Waals surface area contributed by atoms with Gasteiger partial charge in [0.1, 0.15) is 0 Å².